The number of halogens is 1. The Morgan fingerprint density at radius 3 is 2.83 bits per heavy atom. The Hall–Kier alpha value is -0.500. The summed E-state index contributed by atoms with van der Waals surface area (Å²) in [4.78, 5) is 0. The molecule has 2 rings (SSSR count). The van der Waals surface area contributed by atoms with Crippen molar-refractivity contribution in [3.63, 3.8) is 0 Å². The molecular weight excluding hydrogens is 244 g/mol. The van der Waals surface area contributed by atoms with Crippen LogP contribution in [0.15, 0.2) is 12.3 Å². The van der Waals surface area contributed by atoms with E-state index in [0.717, 1.165) is 12.3 Å². The molecule has 18 heavy (non-hydrogen) atoms. The van der Waals surface area contributed by atoms with E-state index in [4.69, 9.17) is 11.6 Å². The van der Waals surface area contributed by atoms with E-state index in [1.165, 1.54) is 31.4 Å². The second kappa shape index (κ2) is 6.10. The summed E-state index contributed by atoms with van der Waals surface area (Å²) in [5, 5.41) is 4.99. The van der Waals surface area contributed by atoms with Gasteiger partial charge in [-0.1, -0.05) is 13.3 Å². The van der Waals surface area contributed by atoms with Gasteiger partial charge in [-0.05, 0) is 57.4 Å². The van der Waals surface area contributed by atoms with Gasteiger partial charge in [0.15, 0.2) is 0 Å². The van der Waals surface area contributed by atoms with Crippen LogP contribution in [-0.2, 0) is 6.42 Å². The molecule has 0 amide bonds. The summed E-state index contributed by atoms with van der Waals surface area (Å²) in [7, 11) is 0. The Bertz CT molecular complexity index is 372. The molecule has 2 nitrogen and oxygen atoms in total. The van der Waals surface area contributed by atoms with Gasteiger partial charge in [0, 0.05) is 17.6 Å². The number of aromatic nitrogens is 2. The highest BCUT2D eigenvalue weighted by molar-refractivity contribution is 6.20. The van der Waals surface area contributed by atoms with E-state index in [-0.39, 0.29) is 0 Å². The fourth-order valence-corrected chi connectivity index (χ4v) is 3.27. The van der Waals surface area contributed by atoms with Crippen molar-refractivity contribution in [1.29, 1.82) is 0 Å². The fourth-order valence-electron chi connectivity index (χ4n) is 2.95. The number of hydrogen-bond acceptors (Lipinski definition) is 1. The maximum absolute atomic E-state index is 6.49. The van der Waals surface area contributed by atoms with Crippen LogP contribution in [0.5, 0.6) is 0 Å². The maximum atomic E-state index is 6.49. The van der Waals surface area contributed by atoms with Gasteiger partial charge >= 0.3 is 0 Å². The summed E-state index contributed by atoms with van der Waals surface area (Å²) >= 11 is 6.49. The van der Waals surface area contributed by atoms with Crippen LogP contribution in [0.1, 0.15) is 58.2 Å². The molecule has 0 spiro atoms. The molecular formula is C15H25ClN2. The van der Waals surface area contributed by atoms with Gasteiger partial charge in [-0.3, -0.25) is 4.68 Å². The molecule has 3 heteroatoms. The highest BCUT2D eigenvalue weighted by Gasteiger charge is 2.28. The molecule has 1 aliphatic carbocycles. The smallest absolute Gasteiger partial charge is 0.0628 e. The summed E-state index contributed by atoms with van der Waals surface area (Å²) in [5.41, 5.74) is 1.20. The average molecular weight is 269 g/mol. The molecule has 0 aromatic carbocycles. The molecule has 1 aromatic heterocycles. The van der Waals surface area contributed by atoms with Crippen molar-refractivity contribution in [1.82, 2.24) is 9.78 Å². The fraction of sp³-hybridized carbons (Fsp3) is 0.800. The molecule has 1 fully saturated rings. The highest BCUT2D eigenvalue weighted by Crippen LogP contribution is 2.36. The Kier molecular flexibility index (Phi) is 4.71. The molecule has 102 valence electrons. The number of alkyl halides is 1. The largest absolute Gasteiger partial charge is 0.270 e. The Labute approximate surface area is 116 Å². The van der Waals surface area contributed by atoms with Crippen LogP contribution in [0, 0.1) is 11.8 Å². The van der Waals surface area contributed by atoms with E-state index in [1.54, 1.807) is 0 Å². The molecule has 0 saturated heterocycles. The lowest BCUT2D eigenvalue weighted by Gasteiger charge is -2.32. The van der Waals surface area contributed by atoms with Gasteiger partial charge in [-0.2, -0.15) is 5.10 Å². The lowest BCUT2D eigenvalue weighted by Crippen LogP contribution is -2.27. The zero-order valence-electron chi connectivity index (χ0n) is 11.8. The first-order valence-electron chi connectivity index (χ1n) is 7.28. The van der Waals surface area contributed by atoms with Crippen molar-refractivity contribution in [2.45, 2.75) is 64.3 Å². The van der Waals surface area contributed by atoms with E-state index in [0.29, 0.717) is 17.3 Å². The third-order valence-corrected chi connectivity index (χ3v) is 4.81. The van der Waals surface area contributed by atoms with Crippen LogP contribution in [-0.4, -0.2) is 15.2 Å². The van der Waals surface area contributed by atoms with Gasteiger partial charge in [0.1, 0.15) is 0 Å². The topological polar surface area (TPSA) is 17.8 Å². The number of rotatable bonds is 4. The standard InChI is InChI=1S/C15H25ClN2/c1-4-12-5-6-15(16)13(9-12)10-14-7-8-18(17-14)11(2)3/h7-8,11-13,15H,4-6,9-10H2,1-3H3. The lowest BCUT2D eigenvalue weighted by molar-refractivity contribution is 0.263. The molecule has 0 aliphatic heterocycles. The normalized spacial score (nSPS) is 28.8. The first-order chi connectivity index (χ1) is 8.60. The van der Waals surface area contributed by atoms with Crippen LogP contribution in [0.3, 0.4) is 0 Å². The van der Waals surface area contributed by atoms with Crippen LogP contribution >= 0.6 is 11.6 Å². The van der Waals surface area contributed by atoms with Gasteiger partial charge in [-0.25, -0.2) is 0 Å². The van der Waals surface area contributed by atoms with Crippen molar-refractivity contribution in [2.75, 3.05) is 0 Å². The molecule has 1 saturated carbocycles. The predicted octanol–water partition coefficient (Wildman–Crippen LogP) is 4.44. The molecule has 1 heterocycles. The quantitative estimate of drug-likeness (QED) is 0.738. The minimum atomic E-state index is 0.344. The molecule has 3 unspecified atom stereocenters. The third kappa shape index (κ3) is 3.28. The Balaban J connectivity index is 1.98. The summed E-state index contributed by atoms with van der Waals surface area (Å²) in [6.07, 6.45) is 8.19. The van der Waals surface area contributed by atoms with Crippen molar-refractivity contribution >= 4 is 11.6 Å². The molecule has 0 radical (unpaired) electrons. The van der Waals surface area contributed by atoms with Crippen molar-refractivity contribution < 1.29 is 0 Å². The first-order valence-corrected chi connectivity index (χ1v) is 7.71. The van der Waals surface area contributed by atoms with Gasteiger partial charge in [0.2, 0.25) is 0 Å². The summed E-state index contributed by atoms with van der Waals surface area (Å²) in [6.45, 7) is 6.62. The first kappa shape index (κ1) is 13.9. The van der Waals surface area contributed by atoms with Gasteiger partial charge in [-0.15, -0.1) is 11.6 Å². The van der Waals surface area contributed by atoms with Gasteiger partial charge < -0.3 is 0 Å². The van der Waals surface area contributed by atoms with Crippen LogP contribution in [0.25, 0.3) is 0 Å². The van der Waals surface area contributed by atoms with Crippen LogP contribution < -0.4 is 0 Å². The number of nitrogens with zero attached hydrogens (tertiary/aromatic N) is 2. The second-order valence-corrected chi connectivity index (χ2v) is 6.51. The molecule has 3 atom stereocenters. The maximum Gasteiger partial charge on any atom is 0.0628 e. The van der Waals surface area contributed by atoms with E-state index in [1.807, 2.05) is 4.68 Å². The van der Waals surface area contributed by atoms with Crippen molar-refractivity contribution in [3.05, 3.63) is 18.0 Å². The van der Waals surface area contributed by atoms with Crippen molar-refractivity contribution in [2.24, 2.45) is 11.8 Å². The summed E-state index contributed by atoms with van der Waals surface area (Å²) in [6, 6.07) is 2.60. The second-order valence-electron chi connectivity index (χ2n) is 5.95. The van der Waals surface area contributed by atoms with E-state index in [9.17, 15) is 0 Å². The summed E-state index contributed by atoms with van der Waals surface area (Å²) in [5.74, 6) is 1.48. The Morgan fingerprint density at radius 2 is 2.22 bits per heavy atom. The Morgan fingerprint density at radius 1 is 1.44 bits per heavy atom. The minimum Gasteiger partial charge on any atom is -0.270 e. The predicted molar refractivity (Wildman–Crippen MR) is 77.1 cm³/mol. The van der Waals surface area contributed by atoms with E-state index < -0.39 is 0 Å². The van der Waals surface area contributed by atoms with E-state index >= 15 is 0 Å². The van der Waals surface area contributed by atoms with E-state index in [2.05, 4.69) is 38.1 Å². The minimum absolute atomic E-state index is 0.344. The molecule has 1 aliphatic rings. The van der Waals surface area contributed by atoms with Crippen molar-refractivity contribution in [3.8, 4) is 0 Å². The molecule has 1 aromatic rings. The molecule has 0 N–H and O–H groups in total. The highest BCUT2D eigenvalue weighted by atomic mass is 35.5. The SMILES string of the molecule is CCC1CCC(Cl)C(Cc2ccn(C(C)C)n2)C1. The van der Waals surface area contributed by atoms with Crippen LogP contribution in [0.2, 0.25) is 0 Å². The number of hydrogen-bond donors (Lipinski definition) is 0. The summed E-state index contributed by atoms with van der Waals surface area (Å²) < 4.78 is 2.04. The lowest BCUT2D eigenvalue weighted by atomic mass is 9.78. The van der Waals surface area contributed by atoms with Crippen LogP contribution in [0.4, 0.5) is 0 Å². The molecule has 0 bridgehead atoms. The third-order valence-electron chi connectivity index (χ3n) is 4.24. The zero-order valence-corrected chi connectivity index (χ0v) is 12.5. The average Bonchev–Trinajstić information content (AvgIpc) is 2.81. The zero-order chi connectivity index (χ0) is 13.1. The van der Waals surface area contributed by atoms with Gasteiger partial charge in [0.05, 0.1) is 5.69 Å². The monoisotopic (exact) mass is 268 g/mol. The van der Waals surface area contributed by atoms with Gasteiger partial charge in [0.25, 0.3) is 0 Å².